The molecule has 1 aliphatic rings. The number of aromatic nitrogens is 2. The smallest absolute Gasteiger partial charge is 0.230 e. The van der Waals surface area contributed by atoms with Crippen LogP contribution in [0.5, 0.6) is 0 Å². The Bertz CT molecular complexity index is 545. The summed E-state index contributed by atoms with van der Waals surface area (Å²) in [5, 5.41) is 4.11. The Morgan fingerprint density at radius 3 is 2.57 bits per heavy atom. The van der Waals surface area contributed by atoms with Gasteiger partial charge < -0.3 is 9.88 Å². The van der Waals surface area contributed by atoms with Crippen LogP contribution in [0.3, 0.4) is 0 Å². The number of hydrogen-bond donors (Lipinski definition) is 1. The third-order valence-electron chi connectivity index (χ3n) is 4.99. The van der Waals surface area contributed by atoms with Crippen LogP contribution in [0.1, 0.15) is 76.7 Å². The highest BCUT2D eigenvalue weighted by atomic mass is 32.2. The summed E-state index contributed by atoms with van der Waals surface area (Å²) in [5.41, 5.74) is 2.21. The van der Waals surface area contributed by atoms with Crippen molar-refractivity contribution in [3.8, 4) is 0 Å². The molecule has 1 aromatic rings. The number of rotatable bonds is 6. The summed E-state index contributed by atoms with van der Waals surface area (Å²) in [5.74, 6) is 0.529. The van der Waals surface area contributed by atoms with Crippen LogP contribution in [-0.2, 0) is 4.79 Å². The zero-order valence-corrected chi connectivity index (χ0v) is 16.1. The highest BCUT2D eigenvalue weighted by Gasteiger charge is 2.23. The van der Waals surface area contributed by atoms with Crippen molar-refractivity contribution in [3.63, 3.8) is 0 Å². The molecule has 0 aliphatic heterocycles. The number of imidazole rings is 1. The minimum absolute atomic E-state index is 0.0929. The molecule has 1 N–H and O–H groups in total. The highest BCUT2D eigenvalue weighted by molar-refractivity contribution is 7.99. The van der Waals surface area contributed by atoms with Crippen molar-refractivity contribution < 1.29 is 4.79 Å². The average molecular weight is 338 g/mol. The van der Waals surface area contributed by atoms with Gasteiger partial charge >= 0.3 is 0 Å². The van der Waals surface area contributed by atoms with Gasteiger partial charge in [-0.25, -0.2) is 4.98 Å². The maximum Gasteiger partial charge on any atom is 0.230 e. The summed E-state index contributed by atoms with van der Waals surface area (Å²) >= 11 is 1.57. The first-order valence-electron chi connectivity index (χ1n) is 8.83. The van der Waals surface area contributed by atoms with E-state index in [2.05, 4.69) is 44.5 Å². The molecule has 1 aliphatic carbocycles. The van der Waals surface area contributed by atoms with Crippen molar-refractivity contribution in [2.75, 3.05) is 5.75 Å². The fourth-order valence-electron chi connectivity index (χ4n) is 3.10. The molecule has 1 heterocycles. The van der Waals surface area contributed by atoms with Gasteiger partial charge in [0.2, 0.25) is 5.91 Å². The Morgan fingerprint density at radius 2 is 1.96 bits per heavy atom. The number of aryl methyl sites for hydroxylation is 1. The SMILES string of the molecule is CCC(C)(C)NC(=O)CSc1nc(C)c(C)n1C1CCCCC1. The topological polar surface area (TPSA) is 46.9 Å². The zero-order valence-electron chi connectivity index (χ0n) is 15.2. The fraction of sp³-hybridized carbons (Fsp3) is 0.778. The standard InChI is InChI=1S/C18H31N3OS/c1-6-18(4,5)20-16(22)12-23-17-19-13(2)14(3)21(17)15-10-8-7-9-11-15/h15H,6-12H2,1-5H3,(H,20,22). The van der Waals surface area contributed by atoms with Crippen LogP contribution in [0.25, 0.3) is 0 Å². The predicted molar refractivity (Wildman–Crippen MR) is 97.1 cm³/mol. The molecule has 4 nitrogen and oxygen atoms in total. The first kappa shape index (κ1) is 18.4. The van der Waals surface area contributed by atoms with E-state index in [0.717, 1.165) is 17.3 Å². The summed E-state index contributed by atoms with van der Waals surface area (Å²) in [4.78, 5) is 16.9. The van der Waals surface area contributed by atoms with Crippen LogP contribution in [0, 0.1) is 13.8 Å². The Labute approximate surface area is 144 Å². The third kappa shape index (κ3) is 4.75. The van der Waals surface area contributed by atoms with E-state index in [9.17, 15) is 4.79 Å². The van der Waals surface area contributed by atoms with Crippen LogP contribution in [0.2, 0.25) is 0 Å². The van der Waals surface area contributed by atoms with Gasteiger partial charge in [0.25, 0.3) is 0 Å². The molecule has 0 saturated heterocycles. The van der Waals surface area contributed by atoms with Crippen molar-refractivity contribution in [1.29, 1.82) is 0 Å². The van der Waals surface area contributed by atoms with Crippen molar-refractivity contribution in [2.24, 2.45) is 0 Å². The van der Waals surface area contributed by atoms with Gasteiger partial charge in [0, 0.05) is 17.3 Å². The molecule has 2 rings (SSSR count). The molecule has 0 radical (unpaired) electrons. The molecule has 0 atom stereocenters. The maximum atomic E-state index is 12.2. The molecule has 0 aromatic carbocycles. The fourth-order valence-corrected chi connectivity index (χ4v) is 4.06. The second-order valence-corrected chi connectivity index (χ2v) is 8.24. The number of nitrogens with one attached hydrogen (secondary N) is 1. The number of carbonyl (C=O) groups is 1. The van der Waals surface area contributed by atoms with E-state index in [1.165, 1.54) is 37.8 Å². The molecule has 23 heavy (non-hydrogen) atoms. The molecule has 0 spiro atoms. The van der Waals surface area contributed by atoms with Gasteiger partial charge in [0.15, 0.2) is 5.16 Å². The number of carbonyl (C=O) groups excluding carboxylic acids is 1. The lowest BCUT2D eigenvalue weighted by atomic mass is 9.95. The lowest BCUT2D eigenvalue weighted by molar-refractivity contribution is -0.120. The van der Waals surface area contributed by atoms with Gasteiger partial charge in [-0.15, -0.1) is 0 Å². The van der Waals surface area contributed by atoms with Gasteiger partial charge in [-0.1, -0.05) is 37.9 Å². The van der Waals surface area contributed by atoms with Gasteiger partial charge in [-0.3, -0.25) is 4.79 Å². The lowest BCUT2D eigenvalue weighted by Crippen LogP contribution is -2.43. The molecule has 130 valence electrons. The first-order chi connectivity index (χ1) is 10.8. The van der Waals surface area contributed by atoms with Crippen molar-refractivity contribution in [2.45, 2.75) is 89.9 Å². The summed E-state index contributed by atoms with van der Waals surface area (Å²) in [7, 11) is 0. The van der Waals surface area contributed by atoms with Gasteiger partial charge in [-0.2, -0.15) is 0 Å². The Hall–Kier alpha value is -0.970. The second kappa shape index (κ2) is 7.73. The second-order valence-electron chi connectivity index (χ2n) is 7.30. The van der Waals surface area contributed by atoms with Crippen molar-refractivity contribution in [3.05, 3.63) is 11.4 Å². The summed E-state index contributed by atoms with van der Waals surface area (Å²) < 4.78 is 2.39. The summed E-state index contributed by atoms with van der Waals surface area (Å²) in [6, 6.07) is 0.558. The minimum Gasteiger partial charge on any atom is -0.351 e. The molecular weight excluding hydrogens is 306 g/mol. The molecule has 5 heteroatoms. The average Bonchev–Trinajstić information content (AvgIpc) is 2.80. The van der Waals surface area contributed by atoms with Gasteiger partial charge in [-0.05, 0) is 47.0 Å². The van der Waals surface area contributed by atoms with E-state index in [1.54, 1.807) is 11.8 Å². The molecule has 1 saturated carbocycles. The normalized spacial score (nSPS) is 16.6. The Morgan fingerprint density at radius 1 is 1.30 bits per heavy atom. The molecule has 1 amide bonds. The molecule has 0 unspecified atom stereocenters. The van der Waals surface area contributed by atoms with Gasteiger partial charge in [0.05, 0.1) is 11.4 Å². The van der Waals surface area contributed by atoms with Crippen LogP contribution in [0.4, 0.5) is 0 Å². The number of amides is 1. The first-order valence-corrected chi connectivity index (χ1v) is 9.82. The number of thioether (sulfide) groups is 1. The predicted octanol–water partition coefficient (Wildman–Crippen LogP) is 4.40. The van der Waals surface area contributed by atoms with Crippen LogP contribution >= 0.6 is 11.8 Å². The third-order valence-corrected chi connectivity index (χ3v) is 5.94. The van der Waals surface area contributed by atoms with E-state index in [-0.39, 0.29) is 11.4 Å². The van der Waals surface area contributed by atoms with E-state index in [0.29, 0.717) is 11.8 Å². The van der Waals surface area contributed by atoms with Crippen LogP contribution in [-0.4, -0.2) is 26.8 Å². The zero-order chi connectivity index (χ0) is 17.0. The Kier molecular flexibility index (Phi) is 6.18. The molecule has 1 aromatic heterocycles. The maximum absolute atomic E-state index is 12.2. The van der Waals surface area contributed by atoms with Gasteiger partial charge in [0.1, 0.15) is 0 Å². The summed E-state index contributed by atoms with van der Waals surface area (Å²) in [6.07, 6.45) is 7.35. The quantitative estimate of drug-likeness (QED) is 0.783. The highest BCUT2D eigenvalue weighted by Crippen LogP contribution is 2.34. The van der Waals surface area contributed by atoms with Crippen molar-refractivity contribution in [1.82, 2.24) is 14.9 Å². The van der Waals surface area contributed by atoms with E-state index in [4.69, 9.17) is 4.98 Å². The molecule has 0 bridgehead atoms. The van der Waals surface area contributed by atoms with Crippen LogP contribution in [0.15, 0.2) is 5.16 Å². The number of nitrogens with zero attached hydrogens (tertiary/aromatic N) is 2. The molecular formula is C18H31N3OS. The van der Waals surface area contributed by atoms with E-state index < -0.39 is 0 Å². The van der Waals surface area contributed by atoms with E-state index >= 15 is 0 Å². The Balaban J connectivity index is 2.05. The van der Waals surface area contributed by atoms with E-state index in [1.807, 2.05) is 0 Å². The number of hydrogen-bond acceptors (Lipinski definition) is 3. The monoisotopic (exact) mass is 337 g/mol. The van der Waals surface area contributed by atoms with Crippen molar-refractivity contribution >= 4 is 17.7 Å². The lowest BCUT2D eigenvalue weighted by Gasteiger charge is -2.26. The van der Waals surface area contributed by atoms with Crippen LogP contribution < -0.4 is 5.32 Å². The molecule has 1 fully saturated rings. The minimum atomic E-state index is -0.137. The summed E-state index contributed by atoms with van der Waals surface area (Å²) in [6.45, 7) is 10.4. The largest absolute Gasteiger partial charge is 0.351 e.